The first-order valence-electron chi connectivity index (χ1n) is 7.87. The Bertz CT molecular complexity index is 633. The molecule has 122 valence electrons. The predicted octanol–water partition coefficient (Wildman–Crippen LogP) is 4.12. The molecular weight excluding hydrogens is 308 g/mol. The summed E-state index contributed by atoms with van der Waals surface area (Å²) in [6.45, 7) is 5.42. The number of hydrogen-bond acceptors (Lipinski definition) is 2. The lowest BCUT2D eigenvalue weighted by atomic mass is 10.1. The van der Waals surface area contributed by atoms with Crippen LogP contribution in [0.15, 0.2) is 42.5 Å². The third kappa shape index (κ3) is 5.61. The van der Waals surface area contributed by atoms with E-state index >= 15 is 0 Å². The van der Waals surface area contributed by atoms with Crippen molar-refractivity contribution in [2.45, 2.75) is 26.7 Å². The van der Waals surface area contributed by atoms with E-state index in [0.717, 1.165) is 17.1 Å². The lowest BCUT2D eigenvalue weighted by Gasteiger charge is -2.12. The molecule has 0 saturated carbocycles. The van der Waals surface area contributed by atoms with Gasteiger partial charge in [-0.3, -0.25) is 4.79 Å². The van der Waals surface area contributed by atoms with Crippen LogP contribution in [0.25, 0.3) is 0 Å². The normalized spacial score (nSPS) is 10.4. The molecule has 2 aromatic rings. The monoisotopic (exact) mass is 330 g/mol. The molecule has 0 fully saturated rings. The van der Waals surface area contributed by atoms with Crippen molar-refractivity contribution in [3.05, 3.63) is 64.2 Å². The summed E-state index contributed by atoms with van der Waals surface area (Å²) in [7, 11) is 0. The molecule has 0 aliphatic heterocycles. The highest BCUT2D eigenvalue weighted by atomic mass is 35.5. The molecular formula is C19H23ClN2O. The van der Waals surface area contributed by atoms with E-state index in [4.69, 9.17) is 11.6 Å². The average molecular weight is 331 g/mol. The highest BCUT2D eigenvalue weighted by molar-refractivity contribution is 6.30. The molecule has 1 amide bonds. The van der Waals surface area contributed by atoms with E-state index in [9.17, 15) is 4.79 Å². The molecule has 4 heteroatoms. The van der Waals surface area contributed by atoms with Crippen LogP contribution in [0.3, 0.4) is 0 Å². The van der Waals surface area contributed by atoms with Crippen LogP contribution in [0.5, 0.6) is 0 Å². The molecule has 0 spiro atoms. The van der Waals surface area contributed by atoms with Gasteiger partial charge in [0.2, 0.25) is 5.91 Å². The summed E-state index contributed by atoms with van der Waals surface area (Å²) in [5.41, 5.74) is 4.70. The molecule has 0 aliphatic carbocycles. The first-order chi connectivity index (χ1) is 11.1. The molecule has 0 heterocycles. The van der Waals surface area contributed by atoms with Gasteiger partial charge in [0.25, 0.3) is 0 Å². The number of hydrogen-bond donors (Lipinski definition) is 2. The van der Waals surface area contributed by atoms with Crippen LogP contribution in [0, 0.1) is 13.8 Å². The maximum Gasteiger partial charge on any atom is 0.221 e. The van der Waals surface area contributed by atoms with Crippen molar-refractivity contribution < 1.29 is 4.79 Å². The molecule has 0 radical (unpaired) electrons. The number of anilines is 1. The number of aryl methyl sites for hydroxylation is 2. The van der Waals surface area contributed by atoms with E-state index in [2.05, 4.69) is 36.6 Å². The lowest BCUT2D eigenvalue weighted by molar-refractivity contribution is -0.120. The average Bonchev–Trinajstić information content (AvgIpc) is 2.52. The molecule has 23 heavy (non-hydrogen) atoms. The Morgan fingerprint density at radius 2 is 1.65 bits per heavy atom. The highest BCUT2D eigenvalue weighted by Crippen LogP contribution is 2.19. The number of carbonyl (C=O) groups excluding carboxylic acids is 1. The van der Waals surface area contributed by atoms with Crippen LogP contribution in [0.1, 0.15) is 23.1 Å². The van der Waals surface area contributed by atoms with E-state index in [1.807, 2.05) is 30.3 Å². The van der Waals surface area contributed by atoms with Crippen LogP contribution in [-0.4, -0.2) is 19.0 Å². The maximum atomic E-state index is 11.9. The fourth-order valence-corrected chi connectivity index (χ4v) is 2.61. The highest BCUT2D eigenvalue weighted by Gasteiger charge is 2.04. The third-order valence-corrected chi connectivity index (χ3v) is 4.04. The van der Waals surface area contributed by atoms with Gasteiger partial charge in [-0.2, -0.15) is 0 Å². The van der Waals surface area contributed by atoms with Gasteiger partial charge in [0, 0.05) is 30.2 Å². The minimum atomic E-state index is 0.0673. The molecule has 2 N–H and O–H groups in total. The van der Waals surface area contributed by atoms with Crippen molar-refractivity contribution in [3.63, 3.8) is 0 Å². The second-order valence-corrected chi connectivity index (χ2v) is 6.11. The van der Waals surface area contributed by atoms with Gasteiger partial charge in [0.05, 0.1) is 0 Å². The first-order valence-corrected chi connectivity index (χ1v) is 8.25. The summed E-state index contributed by atoms with van der Waals surface area (Å²) in [6.07, 6.45) is 1.28. The smallest absolute Gasteiger partial charge is 0.221 e. The van der Waals surface area contributed by atoms with Crippen molar-refractivity contribution in [1.29, 1.82) is 0 Å². The number of nitrogens with one attached hydrogen (secondary N) is 2. The minimum Gasteiger partial charge on any atom is -0.384 e. The number of carbonyl (C=O) groups is 1. The van der Waals surface area contributed by atoms with Crippen LogP contribution >= 0.6 is 11.6 Å². The van der Waals surface area contributed by atoms with E-state index in [-0.39, 0.29) is 5.91 Å². The summed E-state index contributed by atoms with van der Waals surface area (Å²) in [4.78, 5) is 11.9. The van der Waals surface area contributed by atoms with Crippen molar-refractivity contribution in [2.75, 3.05) is 18.4 Å². The molecule has 0 unspecified atom stereocenters. The predicted molar refractivity (Wildman–Crippen MR) is 97.2 cm³/mol. The summed E-state index contributed by atoms with van der Waals surface area (Å²) in [5.74, 6) is 0.0673. The molecule has 0 atom stereocenters. The topological polar surface area (TPSA) is 41.1 Å². The Morgan fingerprint density at radius 3 is 2.30 bits per heavy atom. The summed E-state index contributed by atoms with van der Waals surface area (Å²) < 4.78 is 0. The molecule has 0 saturated heterocycles. The van der Waals surface area contributed by atoms with Crippen LogP contribution < -0.4 is 10.6 Å². The zero-order valence-electron chi connectivity index (χ0n) is 13.7. The Balaban J connectivity index is 1.68. The van der Waals surface area contributed by atoms with Gasteiger partial charge in [0.1, 0.15) is 0 Å². The standard InChI is InChI=1S/C19H23ClN2O/c1-14-4-3-5-15(2)19(14)22-13-11-18(23)21-12-10-16-6-8-17(20)9-7-16/h3-9,22H,10-13H2,1-2H3,(H,21,23). The van der Waals surface area contributed by atoms with E-state index in [0.29, 0.717) is 19.5 Å². The number of rotatable bonds is 7. The van der Waals surface area contributed by atoms with Gasteiger partial charge < -0.3 is 10.6 Å². The van der Waals surface area contributed by atoms with Crippen LogP contribution in [0.4, 0.5) is 5.69 Å². The number of benzene rings is 2. The zero-order chi connectivity index (χ0) is 16.7. The second kappa shape index (κ2) is 8.59. The van der Waals surface area contributed by atoms with Gasteiger partial charge in [-0.1, -0.05) is 41.9 Å². The molecule has 2 aromatic carbocycles. The van der Waals surface area contributed by atoms with E-state index < -0.39 is 0 Å². The molecule has 3 nitrogen and oxygen atoms in total. The fourth-order valence-electron chi connectivity index (χ4n) is 2.48. The zero-order valence-corrected chi connectivity index (χ0v) is 14.4. The van der Waals surface area contributed by atoms with E-state index in [1.54, 1.807) is 0 Å². The third-order valence-electron chi connectivity index (χ3n) is 3.78. The first kappa shape index (κ1) is 17.4. The van der Waals surface area contributed by atoms with Gasteiger partial charge >= 0.3 is 0 Å². The quantitative estimate of drug-likeness (QED) is 0.802. The Kier molecular flexibility index (Phi) is 6.48. The van der Waals surface area contributed by atoms with E-state index in [1.165, 1.54) is 16.7 Å². The summed E-state index contributed by atoms with van der Waals surface area (Å²) in [6, 6.07) is 13.9. The molecule has 0 bridgehead atoms. The summed E-state index contributed by atoms with van der Waals surface area (Å²) in [5, 5.41) is 7.03. The Labute approximate surface area is 143 Å². The van der Waals surface area contributed by atoms with Crippen molar-refractivity contribution in [2.24, 2.45) is 0 Å². The van der Waals surface area contributed by atoms with Gasteiger partial charge in [-0.25, -0.2) is 0 Å². The SMILES string of the molecule is Cc1cccc(C)c1NCCC(=O)NCCc1ccc(Cl)cc1. The minimum absolute atomic E-state index is 0.0673. The van der Waals surface area contributed by atoms with Crippen LogP contribution in [-0.2, 0) is 11.2 Å². The van der Waals surface area contributed by atoms with Crippen molar-refractivity contribution in [3.8, 4) is 0 Å². The Hall–Kier alpha value is -2.00. The number of para-hydroxylation sites is 1. The molecule has 2 rings (SSSR count). The largest absolute Gasteiger partial charge is 0.384 e. The van der Waals surface area contributed by atoms with Crippen LogP contribution in [0.2, 0.25) is 5.02 Å². The fraction of sp³-hybridized carbons (Fsp3) is 0.316. The summed E-state index contributed by atoms with van der Waals surface area (Å²) >= 11 is 5.85. The molecule has 0 aromatic heterocycles. The maximum absolute atomic E-state index is 11.9. The van der Waals surface area contributed by atoms with Gasteiger partial charge in [-0.05, 0) is 49.1 Å². The van der Waals surface area contributed by atoms with Gasteiger partial charge in [-0.15, -0.1) is 0 Å². The van der Waals surface area contributed by atoms with Crippen molar-refractivity contribution >= 4 is 23.2 Å². The Morgan fingerprint density at radius 1 is 1.00 bits per heavy atom. The number of amides is 1. The van der Waals surface area contributed by atoms with Gasteiger partial charge in [0.15, 0.2) is 0 Å². The molecule has 0 aliphatic rings. The van der Waals surface area contributed by atoms with Crippen molar-refractivity contribution in [1.82, 2.24) is 5.32 Å². The lowest BCUT2D eigenvalue weighted by Crippen LogP contribution is -2.27. The number of halogens is 1. The second-order valence-electron chi connectivity index (χ2n) is 5.67.